The summed E-state index contributed by atoms with van der Waals surface area (Å²) < 4.78 is 5.02. The summed E-state index contributed by atoms with van der Waals surface area (Å²) in [6, 6.07) is 0. The van der Waals surface area contributed by atoms with Crippen LogP contribution in [-0.2, 0) is 6.42 Å². The zero-order chi connectivity index (χ0) is 12.3. The summed E-state index contributed by atoms with van der Waals surface area (Å²) in [4.78, 5) is 12.5. The summed E-state index contributed by atoms with van der Waals surface area (Å²) >= 11 is 2.75. The van der Waals surface area contributed by atoms with Gasteiger partial charge in [-0.1, -0.05) is 6.92 Å². The molecule has 0 amide bonds. The van der Waals surface area contributed by atoms with E-state index in [0.29, 0.717) is 10.7 Å². The fourth-order valence-corrected chi connectivity index (χ4v) is 2.58. The Labute approximate surface area is 106 Å². The number of nitrogens with one attached hydrogen (secondary N) is 1. The molecule has 0 saturated carbocycles. The quantitative estimate of drug-likeness (QED) is 0.639. The molecule has 8 heteroatoms. The molecule has 0 bridgehead atoms. The van der Waals surface area contributed by atoms with Crippen molar-refractivity contribution in [3.63, 3.8) is 0 Å². The van der Waals surface area contributed by atoms with E-state index in [0.717, 1.165) is 16.6 Å². The molecule has 2 aromatic rings. The Morgan fingerprint density at radius 1 is 1.47 bits per heavy atom. The Hall–Kier alpha value is -1.54. The molecule has 3 N–H and O–H groups in total. The predicted octanol–water partition coefficient (Wildman–Crippen LogP) is 1.33. The number of hydrogen-bond acceptors (Lipinski definition) is 7. The van der Waals surface area contributed by atoms with Crippen LogP contribution >= 0.6 is 23.3 Å². The van der Waals surface area contributed by atoms with Crippen LogP contribution in [0.1, 0.15) is 18.4 Å². The standard InChI is InChI=1S/C9H10N6S2/c1-2-6-14-9(17-15-6)16-7-4-12-5(3-13-7)8(10)11/h3-4H,2H2,1H3,(H3,10,11). The molecule has 0 aromatic carbocycles. The summed E-state index contributed by atoms with van der Waals surface area (Å²) in [6.07, 6.45) is 3.88. The monoisotopic (exact) mass is 266 g/mol. The zero-order valence-corrected chi connectivity index (χ0v) is 10.7. The first kappa shape index (κ1) is 11.9. The van der Waals surface area contributed by atoms with E-state index in [2.05, 4.69) is 19.3 Å². The molecule has 2 aromatic heterocycles. The lowest BCUT2D eigenvalue weighted by atomic mass is 10.4. The van der Waals surface area contributed by atoms with Crippen molar-refractivity contribution < 1.29 is 0 Å². The van der Waals surface area contributed by atoms with E-state index in [4.69, 9.17) is 11.1 Å². The van der Waals surface area contributed by atoms with Crippen molar-refractivity contribution in [2.75, 3.05) is 0 Å². The summed E-state index contributed by atoms with van der Waals surface area (Å²) in [5, 5.41) is 7.92. The topological polar surface area (TPSA) is 101 Å². The van der Waals surface area contributed by atoms with Crippen molar-refractivity contribution in [1.82, 2.24) is 19.3 Å². The highest BCUT2D eigenvalue weighted by Gasteiger charge is 2.06. The van der Waals surface area contributed by atoms with Gasteiger partial charge < -0.3 is 5.73 Å². The molecule has 0 unspecified atom stereocenters. The highest BCUT2D eigenvalue weighted by molar-refractivity contribution is 8.00. The van der Waals surface area contributed by atoms with Crippen LogP contribution in [0.4, 0.5) is 0 Å². The average Bonchev–Trinajstić information content (AvgIpc) is 2.77. The van der Waals surface area contributed by atoms with Crippen LogP contribution in [0.5, 0.6) is 0 Å². The van der Waals surface area contributed by atoms with E-state index in [-0.39, 0.29) is 5.84 Å². The van der Waals surface area contributed by atoms with Crippen LogP contribution in [0.2, 0.25) is 0 Å². The Morgan fingerprint density at radius 2 is 2.29 bits per heavy atom. The first-order chi connectivity index (χ1) is 8.19. The number of rotatable bonds is 4. The molecule has 0 spiro atoms. The lowest BCUT2D eigenvalue weighted by Gasteiger charge is -1.98. The van der Waals surface area contributed by atoms with Crippen LogP contribution in [0.15, 0.2) is 21.8 Å². The number of nitrogen functional groups attached to an aromatic ring is 1. The van der Waals surface area contributed by atoms with Gasteiger partial charge in [0, 0.05) is 6.42 Å². The number of nitrogens with zero attached hydrogens (tertiary/aromatic N) is 4. The molecule has 0 aliphatic rings. The molecule has 88 valence electrons. The lowest BCUT2D eigenvalue weighted by Crippen LogP contribution is -2.13. The second kappa shape index (κ2) is 5.19. The summed E-state index contributed by atoms with van der Waals surface area (Å²) in [6.45, 7) is 2.01. The average molecular weight is 266 g/mol. The van der Waals surface area contributed by atoms with Crippen LogP contribution < -0.4 is 5.73 Å². The van der Waals surface area contributed by atoms with Crippen molar-refractivity contribution in [2.45, 2.75) is 22.7 Å². The molecule has 0 fully saturated rings. The lowest BCUT2D eigenvalue weighted by molar-refractivity contribution is 0.968. The van der Waals surface area contributed by atoms with E-state index >= 15 is 0 Å². The van der Waals surface area contributed by atoms with Gasteiger partial charge in [0.15, 0.2) is 4.34 Å². The van der Waals surface area contributed by atoms with E-state index in [1.54, 1.807) is 6.20 Å². The summed E-state index contributed by atoms with van der Waals surface area (Å²) in [7, 11) is 0. The van der Waals surface area contributed by atoms with Gasteiger partial charge in [0.2, 0.25) is 0 Å². The predicted molar refractivity (Wildman–Crippen MR) is 66.5 cm³/mol. The molecular weight excluding hydrogens is 256 g/mol. The van der Waals surface area contributed by atoms with Crippen LogP contribution in [0.25, 0.3) is 0 Å². The van der Waals surface area contributed by atoms with Gasteiger partial charge in [0.05, 0.1) is 12.4 Å². The third-order valence-corrected chi connectivity index (χ3v) is 3.57. The van der Waals surface area contributed by atoms with Gasteiger partial charge in [-0.25, -0.2) is 15.0 Å². The van der Waals surface area contributed by atoms with E-state index in [1.165, 1.54) is 29.5 Å². The number of amidine groups is 1. The smallest absolute Gasteiger partial charge is 0.176 e. The Bertz CT molecular complexity index is 521. The molecule has 0 radical (unpaired) electrons. The fraction of sp³-hybridized carbons (Fsp3) is 0.222. The highest BCUT2D eigenvalue weighted by atomic mass is 32.2. The normalized spacial score (nSPS) is 10.4. The maximum absolute atomic E-state index is 7.20. The van der Waals surface area contributed by atoms with Gasteiger partial charge in [0.25, 0.3) is 0 Å². The Balaban J connectivity index is 2.10. The third-order valence-electron chi connectivity index (χ3n) is 1.86. The van der Waals surface area contributed by atoms with Gasteiger partial charge in [-0.2, -0.15) is 4.37 Å². The van der Waals surface area contributed by atoms with Crippen molar-refractivity contribution in [3.05, 3.63) is 23.9 Å². The summed E-state index contributed by atoms with van der Waals surface area (Å²) in [5.74, 6) is 0.754. The molecule has 2 heterocycles. The van der Waals surface area contributed by atoms with E-state index < -0.39 is 0 Å². The molecule has 0 aliphatic carbocycles. The molecule has 17 heavy (non-hydrogen) atoms. The fourth-order valence-electron chi connectivity index (χ4n) is 1.02. The number of aromatic nitrogens is 4. The third kappa shape index (κ3) is 2.98. The number of hydrogen-bond donors (Lipinski definition) is 2. The van der Waals surface area contributed by atoms with Crippen molar-refractivity contribution in [2.24, 2.45) is 5.73 Å². The number of nitrogens with two attached hydrogens (primary N) is 1. The van der Waals surface area contributed by atoms with Gasteiger partial charge in [-0.3, -0.25) is 5.41 Å². The zero-order valence-electron chi connectivity index (χ0n) is 9.04. The highest BCUT2D eigenvalue weighted by Crippen LogP contribution is 2.26. The van der Waals surface area contributed by atoms with Gasteiger partial charge in [0.1, 0.15) is 22.4 Å². The van der Waals surface area contributed by atoms with Crippen molar-refractivity contribution in [3.8, 4) is 0 Å². The SMILES string of the molecule is CCc1nsc(Sc2cnc(C(=N)N)cn2)n1. The van der Waals surface area contributed by atoms with Crippen molar-refractivity contribution in [1.29, 1.82) is 5.41 Å². The summed E-state index contributed by atoms with van der Waals surface area (Å²) in [5.41, 5.74) is 5.67. The first-order valence-corrected chi connectivity index (χ1v) is 6.45. The van der Waals surface area contributed by atoms with Gasteiger partial charge in [-0.15, -0.1) is 0 Å². The van der Waals surface area contributed by atoms with Gasteiger partial charge in [-0.05, 0) is 23.3 Å². The Kier molecular flexibility index (Phi) is 3.64. The van der Waals surface area contributed by atoms with E-state index in [9.17, 15) is 0 Å². The molecule has 0 saturated heterocycles. The first-order valence-electron chi connectivity index (χ1n) is 4.86. The molecule has 0 aliphatic heterocycles. The second-order valence-electron chi connectivity index (χ2n) is 3.09. The Morgan fingerprint density at radius 3 is 2.82 bits per heavy atom. The minimum atomic E-state index is -0.0850. The molecule has 6 nitrogen and oxygen atoms in total. The maximum atomic E-state index is 7.20. The molecular formula is C9H10N6S2. The maximum Gasteiger partial charge on any atom is 0.176 e. The van der Waals surface area contributed by atoms with Crippen LogP contribution in [0.3, 0.4) is 0 Å². The molecule has 0 atom stereocenters. The number of aryl methyl sites for hydroxylation is 1. The molecule has 2 rings (SSSR count). The van der Waals surface area contributed by atoms with E-state index in [1.807, 2.05) is 6.92 Å². The largest absolute Gasteiger partial charge is 0.382 e. The minimum Gasteiger partial charge on any atom is -0.382 e. The van der Waals surface area contributed by atoms with Crippen LogP contribution in [-0.4, -0.2) is 25.2 Å². The van der Waals surface area contributed by atoms with Crippen LogP contribution in [0, 0.1) is 5.41 Å². The minimum absolute atomic E-state index is 0.0850. The second-order valence-corrected chi connectivity index (χ2v) is 5.11. The van der Waals surface area contributed by atoms with Crippen molar-refractivity contribution >= 4 is 29.1 Å². The van der Waals surface area contributed by atoms with Gasteiger partial charge >= 0.3 is 0 Å².